The molecule has 0 aromatic heterocycles. The van der Waals surface area contributed by atoms with Gasteiger partial charge in [0.2, 0.25) is 0 Å². The predicted molar refractivity (Wildman–Crippen MR) is 121 cm³/mol. The summed E-state index contributed by atoms with van der Waals surface area (Å²) in [6, 6.07) is 11.6. The fourth-order valence-electron chi connectivity index (χ4n) is 4.25. The van der Waals surface area contributed by atoms with Gasteiger partial charge in [-0.2, -0.15) is 0 Å². The summed E-state index contributed by atoms with van der Waals surface area (Å²) in [6.07, 6.45) is 1.38. The van der Waals surface area contributed by atoms with E-state index in [2.05, 4.69) is 0 Å². The molecule has 0 radical (unpaired) electrons. The SMILES string of the molecule is CC(C)COc1cccc(/C(O)=C2/C(=O)C(=O)N(CC3CCCO3)C2c2ccccc2F)c1. The number of rotatable bonds is 7. The Morgan fingerprint density at radius 1 is 1.21 bits per heavy atom. The van der Waals surface area contributed by atoms with Crippen LogP contribution in [0.15, 0.2) is 54.1 Å². The topological polar surface area (TPSA) is 76.1 Å². The Bertz CT molecular complexity index is 1070. The van der Waals surface area contributed by atoms with Gasteiger partial charge in [0.05, 0.1) is 24.3 Å². The first-order valence-corrected chi connectivity index (χ1v) is 11.2. The van der Waals surface area contributed by atoms with E-state index in [4.69, 9.17) is 9.47 Å². The van der Waals surface area contributed by atoms with Gasteiger partial charge in [-0.05, 0) is 37.0 Å². The first-order chi connectivity index (χ1) is 15.9. The number of Topliss-reactive ketones (excluding diaryl/α,β-unsaturated/α-hetero) is 1. The number of hydrogen-bond acceptors (Lipinski definition) is 5. The maximum Gasteiger partial charge on any atom is 0.295 e. The number of amides is 1. The number of aliphatic hydroxyl groups excluding tert-OH is 1. The minimum Gasteiger partial charge on any atom is -0.507 e. The fraction of sp³-hybridized carbons (Fsp3) is 0.385. The van der Waals surface area contributed by atoms with Crippen molar-refractivity contribution >= 4 is 17.4 Å². The zero-order valence-corrected chi connectivity index (χ0v) is 18.8. The number of carbonyl (C=O) groups excluding carboxylic acids is 2. The molecule has 1 N–H and O–H groups in total. The second kappa shape index (κ2) is 9.75. The van der Waals surface area contributed by atoms with E-state index in [1.54, 1.807) is 36.4 Å². The number of hydrogen-bond donors (Lipinski definition) is 1. The van der Waals surface area contributed by atoms with Gasteiger partial charge < -0.3 is 19.5 Å². The van der Waals surface area contributed by atoms with Crippen molar-refractivity contribution < 1.29 is 28.6 Å². The van der Waals surface area contributed by atoms with Gasteiger partial charge in [-0.15, -0.1) is 0 Å². The van der Waals surface area contributed by atoms with E-state index in [0.717, 1.165) is 12.8 Å². The molecular formula is C26H28FNO5. The number of nitrogens with zero attached hydrogens (tertiary/aromatic N) is 1. The van der Waals surface area contributed by atoms with Gasteiger partial charge in [-0.3, -0.25) is 9.59 Å². The maximum absolute atomic E-state index is 14.9. The number of ether oxygens (including phenoxy) is 2. The van der Waals surface area contributed by atoms with Gasteiger partial charge in [-0.1, -0.05) is 44.2 Å². The molecule has 2 aliphatic heterocycles. The van der Waals surface area contributed by atoms with Crippen molar-refractivity contribution in [3.8, 4) is 5.75 Å². The van der Waals surface area contributed by atoms with Crippen LogP contribution >= 0.6 is 0 Å². The van der Waals surface area contributed by atoms with Gasteiger partial charge in [0.25, 0.3) is 11.7 Å². The Labute approximate surface area is 192 Å². The number of benzene rings is 2. The summed E-state index contributed by atoms with van der Waals surface area (Å²) in [5, 5.41) is 11.2. The lowest BCUT2D eigenvalue weighted by Gasteiger charge is -2.27. The van der Waals surface area contributed by atoms with E-state index < -0.39 is 23.5 Å². The lowest BCUT2D eigenvalue weighted by Crippen LogP contribution is -2.36. The monoisotopic (exact) mass is 453 g/mol. The van der Waals surface area contributed by atoms with Crippen molar-refractivity contribution in [2.45, 2.75) is 38.8 Å². The average molecular weight is 454 g/mol. The van der Waals surface area contributed by atoms with Crippen LogP contribution in [0.4, 0.5) is 4.39 Å². The molecule has 2 aromatic rings. The van der Waals surface area contributed by atoms with Crippen LogP contribution in [-0.2, 0) is 14.3 Å². The van der Waals surface area contributed by atoms with Crippen molar-refractivity contribution in [3.63, 3.8) is 0 Å². The molecular weight excluding hydrogens is 425 g/mol. The lowest BCUT2D eigenvalue weighted by molar-refractivity contribution is -0.140. The van der Waals surface area contributed by atoms with Crippen molar-refractivity contribution in [2.75, 3.05) is 19.8 Å². The number of likely N-dealkylation sites (tertiary alicyclic amines) is 1. The van der Waals surface area contributed by atoms with E-state index in [-0.39, 0.29) is 29.5 Å². The van der Waals surface area contributed by atoms with Crippen LogP contribution in [0.25, 0.3) is 5.76 Å². The molecule has 2 atom stereocenters. The number of aliphatic hydroxyl groups is 1. The van der Waals surface area contributed by atoms with Gasteiger partial charge in [-0.25, -0.2) is 4.39 Å². The van der Waals surface area contributed by atoms with Crippen LogP contribution < -0.4 is 4.74 Å². The molecule has 0 bridgehead atoms. The van der Waals surface area contributed by atoms with E-state index >= 15 is 0 Å². The molecule has 2 heterocycles. The summed E-state index contributed by atoms with van der Waals surface area (Å²) in [7, 11) is 0. The minimum absolute atomic E-state index is 0.135. The molecule has 0 spiro atoms. The summed E-state index contributed by atoms with van der Waals surface area (Å²) >= 11 is 0. The van der Waals surface area contributed by atoms with Crippen molar-refractivity contribution in [1.82, 2.24) is 4.90 Å². The third-order valence-electron chi connectivity index (χ3n) is 5.85. The predicted octanol–water partition coefficient (Wildman–Crippen LogP) is 4.46. The molecule has 0 saturated carbocycles. The fourth-order valence-corrected chi connectivity index (χ4v) is 4.25. The molecule has 6 nitrogen and oxygen atoms in total. The smallest absolute Gasteiger partial charge is 0.295 e. The van der Waals surface area contributed by atoms with Crippen LogP contribution in [0, 0.1) is 11.7 Å². The molecule has 1 amide bonds. The summed E-state index contributed by atoms with van der Waals surface area (Å²) < 4.78 is 26.3. The highest BCUT2D eigenvalue weighted by Crippen LogP contribution is 2.41. The summed E-state index contributed by atoms with van der Waals surface area (Å²) in [5.41, 5.74) is 0.347. The normalized spacial score (nSPS) is 22.4. The second-order valence-electron chi connectivity index (χ2n) is 8.84. The Morgan fingerprint density at radius 2 is 2.00 bits per heavy atom. The maximum atomic E-state index is 14.9. The molecule has 2 saturated heterocycles. The van der Waals surface area contributed by atoms with Gasteiger partial charge in [0.15, 0.2) is 0 Å². The summed E-state index contributed by atoms with van der Waals surface area (Å²) in [6.45, 7) is 5.27. The highest BCUT2D eigenvalue weighted by atomic mass is 19.1. The van der Waals surface area contributed by atoms with Crippen LogP contribution in [0.5, 0.6) is 5.75 Å². The van der Waals surface area contributed by atoms with E-state index in [1.807, 2.05) is 13.8 Å². The molecule has 7 heteroatoms. The average Bonchev–Trinajstić information content (AvgIpc) is 3.40. The summed E-state index contributed by atoms with van der Waals surface area (Å²) in [4.78, 5) is 27.4. The number of ketones is 1. The molecule has 174 valence electrons. The van der Waals surface area contributed by atoms with Crippen molar-refractivity contribution in [2.24, 2.45) is 5.92 Å². The van der Waals surface area contributed by atoms with Crippen LogP contribution in [0.1, 0.15) is 43.9 Å². The second-order valence-corrected chi connectivity index (χ2v) is 8.84. The Kier molecular flexibility index (Phi) is 6.79. The zero-order valence-electron chi connectivity index (χ0n) is 18.8. The first-order valence-electron chi connectivity index (χ1n) is 11.2. The van der Waals surface area contributed by atoms with E-state index in [0.29, 0.717) is 30.4 Å². The van der Waals surface area contributed by atoms with Crippen molar-refractivity contribution in [3.05, 3.63) is 71.0 Å². The molecule has 2 unspecified atom stereocenters. The first kappa shape index (κ1) is 23.0. The number of halogens is 1. The third-order valence-corrected chi connectivity index (χ3v) is 5.85. The Balaban J connectivity index is 1.78. The van der Waals surface area contributed by atoms with Gasteiger partial charge >= 0.3 is 0 Å². The largest absolute Gasteiger partial charge is 0.507 e. The zero-order chi connectivity index (χ0) is 23.5. The Morgan fingerprint density at radius 3 is 2.70 bits per heavy atom. The van der Waals surface area contributed by atoms with E-state index in [1.165, 1.54) is 17.0 Å². The molecule has 4 rings (SSSR count). The standard InChI is InChI=1S/C26H28FNO5/c1-16(2)15-33-18-8-5-7-17(13-18)24(29)22-23(20-10-3-4-11-21(20)27)28(26(31)25(22)30)14-19-9-6-12-32-19/h3-5,7-8,10-11,13,16,19,23,29H,6,9,12,14-15H2,1-2H3/b24-22-. The summed E-state index contributed by atoms with van der Waals surface area (Å²) in [5.74, 6) is -1.68. The van der Waals surface area contributed by atoms with Gasteiger partial charge in [0.1, 0.15) is 17.3 Å². The van der Waals surface area contributed by atoms with Crippen LogP contribution in [-0.4, -0.2) is 47.6 Å². The lowest BCUT2D eigenvalue weighted by atomic mass is 9.94. The molecule has 2 aromatic carbocycles. The van der Waals surface area contributed by atoms with E-state index in [9.17, 15) is 19.1 Å². The highest BCUT2D eigenvalue weighted by Gasteiger charge is 2.47. The van der Waals surface area contributed by atoms with Crippen LogP contribution in [0.3, 0.4) is 0 Å². The minimum atomic E-state index is -1.05. The van der Waals surface area contributed by atoms with Gasteiger partial charge in [0, 0.05) is 24.3 Å². The molecule has 2 aliphatic rings. The molecule has 33 heavy (non-hydrogen) atoms. The Hall–Kier alpha value is -3.19. The number of carbonyl (C=O) groups is 2. The molecule has 0 aliphatic carbocycles. The quantitative estimate of drug-likeness (QED) is 0.381. The van der Waals surface area contributed by atoms with Crippen molar-refractivity contribution in [1.29, 1.82) is 0 Å². The molecule has 2 fully saturated rings. The van der Waals surface area contributed by atoms with Crippen LogP contribution in [0.2, 0.25) is 0 Å². The highest BCUT2D eigenvalue weighted by molar-refractivity contribution is 6.46. The third kappa shape index (κ3) is 4.78.